The van der Waals surface area contributed by atoms with Crippen LogP contribution in [0.25, 0.3) is 0 Å². The fraction of sp³-hybridized carbons (Fsp3) is 0.909. The van der Waals surface area contributed by atoms with Gasteiger partial charge in [-0.1, -0.05) is 91.4 Å². The van der Waals surface area contributed by atoms with E-state index in [1.54, 1.807) is 0 Å². The highest BCUT2D eigenvalue weighted by atomic mass is 16.5. The van der Waals surface area contributed by atoms with Gasteiger partial charge in [0.05, 0.1) is 0 Å². The Morgan fingerprint density at radius 2 is 1.21 bits per heavy atom. The van der Waals surface area contributed by atoms with Crippen LogP contribution in [0.1, 0.15) is 123 Å². The normalized spacial score (nSPS) is 11.2. The molecule has 0 aromatic heterocycles. The topological polar surface area (TPSA) is 26.3 Å². The maximum absolute atomic E-state index is 11.9. The van der Waals surface area contributed by atoms with Gasteiger partial charge in [-0.05, 0) is 32.1 Å². The summed E-state index contributed by atoms with van der Waals surface area (Å²) in [6.45, 7) is 8.30. The molecule has 0 saturated heterocycles. The third kappa shape index (κ3) is 16.3. The second-order valence-electron chi connectivity index (χ2n) is 7.18. The number of carbonyl (C=O) groups is 1. The van der Waals surface area contributed by atoms with Crippen LogP contribution in [0.3, 0.4) is 0 Å². The molecule has 0 aliphatic rings. The van der Waals surface area contributed by atoms with E-state index >= 15 is 0 Å². The van der Waals surface area contributed by atoms with Crippen LogP contribution in [-0.2, 0) is 9.53 Å². The first-order valence-corrected chi connectivity index (χ1v) is 10.7. The largest absolute Gasteiger partial charge is 0.462 e. The van der Waals surface area contributed by atoms with Crippen molar-refractivity contribution in [1.82, 2.24) is 0 Å². The zero-order valence-electron chi connectivity index (χ0n) is 16.6. The number of esters is 1. The van der Waals surface area contributed by atoms with Crippen molar-refractivity contribution in [2.75, 3.05) is 0 Å². The first-order valence-electron chi connectivity index (χ1n) is 10.7. The summed E-state index contributed by atoms with van der Waals surface area (Å²) in [6.07, 6.45) is 20.1. The SMILES string of the molecule is [CH2]CCCC(=O)OC(CCCCCCCC)CCCCCCCC. The lowest BCUT2D eigenvalue weighted by Gasteiger charge is -2.18. The third-order valence-electron chi connectivity index (χ3n) is 4.69. The Labute approximate surface area is 152 Å². The first-order chi connectivity index (χ1) is 11.7. The molecule has 0 unspecified atom stereocenters. The Hall–Kier alpha value is -0.530. The molecule has 0 heterocycles. The molecule has 0 bridgehead atoms. The molecule has 0 fully saturated rings. The lowest BCUT2D eigenvalue weighted by Crippen LogP contribution is -2.18. The molecule has 0 N–H and O–H groups in total. The van der Waals surface area contributed by atoms with Crippen molar-refractivity contribution in [3.05, 3.63) is 6.92 Å². The van der Waals surface area contributed by atoms with Crippen LogP contribution in [0, 0.1) is 6.92 Å². The summed E-state index contributed by atoms with van der Waals surface area (Å²) in [6, 6.07) is 0. The summed E-state index contributed by atoms with van der Waals surface area (Å²) >= 11 is 0. The van der Waals surface area contributed by atoms with Crippen LogP contribution < -0.4 is 0 Å². The van der Waals surface area contributed by atoms with Crippen LogP contribution in [0.5, 0.6) is 0 Å². The van der Waals surface area contributed by atoms with E-state index in [1.165, 1.54) is 77.0 Å². The molecule has 0 aromatic carbocycles. The van der Waals surface area contributed by atoms with Crippen molar-refractivity contribution in [2.24, 2.45) is 0 Å². The molecule has 0 rings (SSSR count). The highest BCUT2D eigenvalue weighted by molar-refractivity contribution is 5.69. The maximum Gasteiger partial charge on any atom is 0.306 e. The zero-order chi connectivity index (χ0) is 17.9. The molecule has 0 atom stereocenters. The van der Waals surface area contributed by atoms with Gasteiger partial charge in [-0.3, -0.25) is 4.79 Å². The summed E-state index contributed by atoms with van der Waals surface area (Å²) in [7, 11) is 0. The van der Waals surface area contributed by atoms with Crippen LogP contribution in [0.2, 0.25) is 0 Å². The fourth-order valence-electron chi connectivity index (χ4n) is 3.08. The van der Waals surface area contributed by atoms with Gasteiger partial charge in [-0.15, -0.1) is 0 Å². The summed E-state index contributed by atoms with van der Waals surface area (Å²) in [4.78, 5) is 11.9. The van der Waals surface area contributed by atoms with E-state index in [-0.39, 0.29) is 12.1 Å². The molecule has 2 heteroatoms. The van der Waals surface area contributed by atoms with Crippen molar-refractivity contribution in [1.29, 1.82) is 0 Å². The van der Waals surface area contributed by atoms with E-state index in [4.69, 9.17) is 4.74 Å². The number of hydrogen-bond acceptors (Lipinski definition) is 2. The summed E-state index contributed by atoms with van der Waals surface area (Å²) in [5.41, 5.74) is 0. The molecule has 0 spiro atoms. The van der Waals surface area contributed by atoms with E-state index in [1.807, 2.05) is 0 Å². The summed E-state index contributed by atoms with van der Waals surface area (Å²) in [5.74, 6) is -0.0133. The average molecular weight is 340 g/mol. The predicted molar refractivity (Wildman–Crippen MR) is 105 cm³/mol. The minimum atomic E-state index is -0.0133. The van der Waals surface area contributed by atoms with Crippen LogP contribution in [0.15, 0.2) is 0 Å². The van der Waals surface area contributed by atoms with Gasteiger partial charge in [0.2, 0.25) is 0 Å². The lowest BCUT2D eigenvalue weighted by molar-refractivity contribution is -0.150. The highest BCUT2D eigenvalue weighted by Gasteiger charge is 2.13. The van der Waals surface area contributed by atoms with E-state index in [0.29, 0.717) is 6.42 Å². The van der Waals surface area contributed by atoms with Crippen molar-refractivity contribution in [3.8, 4) is 0 Å². The number of ether oxygens (including phenoxy) is 1. The van der Waals surface area contributed by atoms with Gasteiger partial charge in [0, 0.05) is 6.42 Å². The van der Waals surface area contributed by atoms with Gasteiger partial charge in [0.25, 0.3) is 0 Å². The minimum absolute atomic E-state index is 0.0133. The van der Waals surface area contributed by atoms with Gasteiger partial charge in [0.1, 0.15) is 6.10 Å². The predicted octanol–water partition coefficient (Wildman–Crippen LogP) is 7.40. The van der Waals surface area contributed by atoms with Crippen molar-refractivity contribution in [2.45, 2.75) is 129 Å². The molecule has 0 aliphatic carbocycles. The van der Waals surface area contributed by atoms with E-state index in [9.17, 15) is 4.79 Å². The van der Waals surface area contributed by atoms with Gasteiger partial charge < -0.3 is 4.74 Å². The van der Waals surface area contributed by atoms with Crippen LogP contribution in [-0.4, -0.2) is 12.1 Å². The number of hydrogen-bond donors (Lipinski definition) is 0. The molecule has 0 aliphatic heterocycles. The molecule has 143 valence electrons. The Morgan fingerprint density at radius 3 is 1.67 bits per heavy atom. The fourth-order valence-corrected chi connectivity index (χ4v) is 3.08. The quantitative estimate of drug-likeness (QED) is 0.192. The number of unbranched alkanes of at least 4 members (excludes halogenated alkanes) is 11. The number of carbonyl (C=O) groups excluding carboxylic acids is 1. The summed E-state index contributed by atoms with van der Waals surface area (Å²) < 4.78 is 5.74. The van der Waals surface area contributed by atoms with E-state index in [0.717, 1.165) is 25.7 Å². The molecular formula is C22H43O2. The zero-order valence-corrected chi connectivity index (χ0v) is 16.6. The van der Waals surface area contributed by atoms with Crippen molar-refractivity contribution >= 4 is 5.97 Å². The van der Waals surface area contributed by atoms with E-state index in [2.05, 4.69) is 20.8 Å². The Morgan fingerprint density at radius 1 is 0.750 bits per heavy atom. The molecule has 24 heavy (non-hydrogen) atoms. The van der Waals surface area contributed by atoms with Gasteiger partial charge in [-0.25, -0.2) is 0 Å². The second-order valence-corrected chi connectivity index (χ2v) is 7.18. The smallest absolute Gasteiger partial charge is 0.306 e. The monoisotopic (exact) mass is 339 g/mol. The van der Waals surface area contributed by atoms with Crippen LogP contribution in [0.4, 0.5) is 0 Å². The van der Waals surface area contributed by atoms with Crippen molar-refractivity contribution in [3.63, 3.8) is 0 Å². The summed E-state index contributed by atoms with van der Waals surface area (Å²) in [5, 5.41) is 0. The minimum Gasteiger partial charge on any atom is -0.462 e. The Kier molecular flexibility index (Phi) is 18.4. The lowest BCUT2D eigenvalue weighted by atomic mass is 10.0. The molecule has 0 aromatic rings. The Balaban J connectivity index is 3.93. The average Bonchev–Trinajstić information content (AvgIpc) is 2.58. The number of rotatable bonds is 18. The van der Waals surface area contributed by atoms with Crippen LogP contribution >= 0.6 is 0 Å². The van der Waals surface area contributed by atoms with Crippen molar-refractivity contribution < 1.29 is 9.53 Å². The first kappa shape index (κ1) is 23.5. The maximum atomic E-state index is 11.9. The molecule has 0 amide bonds. The molecule has 0 saturated carbocycles. The standard InChI is InChI=1S/C22H43O2/c1-4-7-10-12-14-16-18-21(24-22(23)20-9-6-3)19-17-15-13-11-8-5-2/h21H,3-20H2,1-2H3. The van der Waals surface area contributed by atoms with E-state index < -0.39 is 0 Å². The molecule has 1 radical (unpaired) electrons. The second kappa shape index (κ2) is 18.8. The molecular weight excluding hydrogens is 296 g/mol. The van der Waals surface area contributed by atoms with Gasteiger partial charge in [0.15, 0.2) is 0 Å². The molecule has 2 nitrogen and oxygen atoms in total. The highest BCUT2D eigenvalue weighted by Crippen LogP contribution is 2.17. The third-order valence-corrected chi connectivity index (χ3v) is 4.69. The Bertz CT molecular complexity index is 247. The van der Waals surface area contributed by atoms with Gasteiger partial charge >= 0.3 is 5.97 Å². The van der Waals surface area contributed by atoms with Gasteiger partial charge in [-0.2, -0.15) is 0 Å².